The second-order valence-corrected chi connectivity index (χ2v) is 7.52. The van der Waals surface area contributed by atoms with Gasteiger partial charge >= 0.3 is 0 Å². The van der Waals surface area contributed by atoms with Crippen LogP contribution >= 0.6 is 11.8 Å². The number of hydrogen-bond donors (Lipinski definition) is 1. The molecule has 0 aromatic heterocycles. The van der Waals surface area contributed by atoms with Gasteiger partial charge in [0.2, 0.25) is 0 Å². The van der Waals surface area contributed by atoms with Crippen LogP contribution in [0.25, 0.3) is 0 Å². The summed E-state index contributed by atoms with van der Waals surface area (Å²) in [6.07, 6.45) is 8.42. The van der Waals surface area contributed by atoms with Crippen molar-refractivity contribution in [1.29, 1.82) is 0 Å². The van der Waals surface area contributed by atoms with E-state index < -0.39 is 0 Å². The number of likely N-dealkylation sites (tertiary alicyclic amines) is 1. The molecule has 2 saturated heterocycles. The maximum absolute atomic E-state index is 3.66. The first-order chi connectivity index (χ1) is 8.29. The molecule has 1 unspecified atom stereocenters. The molecule has 2 aliphatic rings. The summed E-state index contributed by atoms with van der Waals surface area (Å²) in [5.74, 6) is 1.37. The molecule has 0 aromatic carbocycles. The second kappa shape index (κ2) is 7.01. The molecule has 0 bridgehead atoms. The first kappa shape index (κ1) is 13.7. The Hall–Kier alpha value is 0.270. The number of nitrogens with one attached hydrogen (secondary N) is 1. The normalized spacial score (nSPS) is 30.9. The first-order valence-corrected chi connectivity index (χ1v) is 8.34. The summed E-state index contributed by atoms with van der Waals surface area (Å²) in [4.78, 5) is 2.64. The molecule has 3 heteroatoms. The molecule has 0 aliphatic carbocycles. The van der Waals surface area contributed by atoms with E-state index in [0.717, 1.165) is 0 Å². The molecule has 0 radical (unpaired) electrons. The second-order valence-electron chi connectivity index (χ2n) is 5.83. The summed E-state index contributed by atoms with van der Waals surface area (Å²) in [5, 5.41) is 3.66. The maximum atomic E-state index is 3.66. The number of thioether (sulfide) groups is 1. The molecule has 2 nitrogen and oxygen atoms in total. The highest BCUT2D eigenvalue weighted by molar-refractivity contribution is 8.00. The highest BCUT2D eigenvalue weighted by Gasteiger charge is 2.28. The summed E-state index contributed by atoms with van der Waals surface area (Å²) in [5.41, 5.74) is 0. The predicted octanol–water partition coefficient (Wildman–Crippen LogP) is 2.74. The molecule has 0 aromatic rings. The smallest absolute Gasteiger partial charge is 0.0256 e. The predicted molar refractivity (Wildman–Crippen MR) is 77.9 cm³/mol. The summed E-state index contributed by atoms with van der Waals surface area (Å²) in [6, 6.07) is 0. The molecule has 0 saturated carbocycles. The highest BCUT2D eigenvalue weighted by Crippen LogP contribution is 2.36. The molecule has 2 rings (SSSR count). The Morgan fingerprint density at radius 3 is 2.71 bits per heavy atom. The van der Waals surface area contributed by atoms with Gasteiger partial charge in [0.05, 0.1) is 0 Å². The SMILES string of the molecule is CC1(CNCCCN2CCCCC2)CCCS1. The third-order valence-corrected chi connectivity index (χ3v) is 5.61. The fourth-order valence-electron chi connectivity index (χ4n) is 2.94. The number of rotatable bonds is 6. The topological polar surface area (TPSA) is 15.3 Å². The van der Waals surface area contributed by atoms with Crippen molar-refractivity contribution in [1.82, 2.24) is 10.2 Å². The quantitative estimate of drug-likeness (QED) is 0.736. The van der Waals surface area contributed by atoms with Crippen LogP contribution in [0.5, 0.6) is 0 Å². The molecular formula is C14H28N2S. The zero-order chi connectivity index (χ0) is 12.0. The van der Waals surface area contributed by atoms with E-state index >= 15 is 0 Å². The van der Waals surface area contributed by atoms with Crippen molar-refractivity contribution >= 4 is 11.8 Å². The van der Waals surface area contributed by atoms with Gasteiger partial charge in [-0.2, -0.15) is 11.8 Å². The first-order valence-electron chi connectivity index (χ1n) is 7.36. The minimum atomic E-state index is 0.533. The molecule has 2 aliphatic heterocycles. The molecular weight excluding hydrogens is 228 g/mol. The van der Waals surface area contributed by atoms with Crippen LogP contribution in [0.3, 0.4) is 0 Å². The van der Waals surface area contributed by atoms with Crippen LogP contribution in [0.2, 0.25) is 0 Å². The average Bonchev–Trinajstić information content (AvgIpc) is 2.77. The molecule has 17 heavy (non-hydrogen) atoms. The monoisotopic (exact) mass is 256 g/mol. The standard InChI is InChI=1S/C14H28N2S/c1-14(7-5-12-17-14)13-15-8-6-11-16-9-3-2-4-10-16/h15H,2-13H2,1H3. The largest absolute Gasteiger partial charge is 0.315 e. The van der Waals surface area contributed by atoms with Crippen LogP contribution in [0.4, 0.5) is 0 Å². The van der Waals surface area contributed by atoms with Crippen LogP contribution in [0.1, 0.15) is 45.4 Å². The Morgan fingerprint density at radius 1 is 1.18 bits per heavy atom. The molecule has 1 N–H and O–H groups in total. The van der Waals surface area contributed by atoms with E-state index in [9.17, 15) is 0 Å². The van der Waals surface area contributed by atoms with Gasteiger partial charge in [-0.25, -0.2) is 0 Å². The molecule has 2 heterocycles. The van der Waals surface area contributed by atoms with E-state index in [1.54, 1.807) is 0 Å². The van der Waals surface area contributed by atoms with Crippen molar-refractivity contribution in [2.45, 2.75) is 50.2 Å². The van der Waals surface area contributed by atoms with Crippen LogP contribution in [-0.2, 0) is 0 Å². The van der Waals surface area contributed by atoms with Crippen molar-refractivity contribution in [3.8, 4) is 0 Å². The fraction of sp³-hybridized carbons (Fsp3) is 1.00. The fourth-order valence-corrected chi connectivity index (χ4v) is 4.21. The number of piperidine rings is 1. The molecule has 100 valence electrons. The third kappa shape index (κ3) is 4.80. The van der Waals surface area contributed by atoms with Gasteiger partial charge in [-0.15, -0.1) is 0 Å². The van der Waals surface area contributed by atoms with Crippen LogP contribution in [0, 0.1) is 0 Å². The van der Waals surface area contributed by atoms with Crippen LogP contribution in [-0.4, -0.2) is 48.1 Å². The molecule has 2 fully saturated rings. The molecule has 0 amide bonds. The zero-order valence-corrected chi connectivity index (χ0v) is 12.2. The Morgan fingerprint density at radius 2 is 2.00 bits per heavy atom. The van der Waals surface area contributed by atoms with Crippen LogP contribution in [0.15, 0.2) is 0 Å². The van der Waals surface area contributed by atoms with Crippen molar-refractivity contribution < 1.29 is 0 Å². The lowest BCUT2D eigenvalue weighted by Crippen LogP contribution is -2.36. The van der Waals surface area contributed by atoms with E-state index in [1.165, 1.54) is 77.0 Å². The Bertz CT molecular complexity index is 208. The third-order valence-electron chi connectivity index (χ3n) is 4.08. The minimum absolute atomic E-state index is 0.533. The summed E-state index contributed by atoms with van der Waals surface area (Å²) < 4.78 is 0.533. The van der Waals surface area contributed by atoms with Gasteiger partial charge in [-0.3, -0.25) is 0 Å². The highest BCUT2D eigenvalue weighted by atomic mass is 32.2. The van der Waals surface area contributed by atoms with E-state index in [1.807, 2.05) is 0 Å². The maximum Gasteiger partial charge on any atom is 0.0256 e. The van der Waals surface area contributed by atoms with E-state index in [-0.39, 0.29) is 0 Å². The molecule has 1 atom stereocenters. The van der Waals surface area contributed by atoms with Crippen molar-refractivity contribution in [3.05, 3.63) is 0 Å². The minimum Gasteiger partial charge on any atom is -0.315 e. The van der Waals surface area contributed by atoms with Crippen molar-refractivity contribution in [3.63, 3.8) is 0 Å². The summed E-state index contributed by atoms with van der Waals surface area (Å²) in [6.45, 7) is 8.81. The van der Waals surface area contributed by atoms with Gasteiger partial charge in [0.25, 0.3) is 0 Å². The average molecular weight is 256 g/mol. The van der Waals surface area contributed by atoms with Gasteiger partial charge in [0.15, 0.2) is 0 Å². The number of nitrogens with zero attached hydrogens (tertiary/aromatic N) is 1. The van der Waals surface area contributed by atoms with Gasteiger partial charge in [0.1, 0.15) is 0 Å². The lowest BCUT2D eigenvalue weighted by Gasteiger charge is -2.27. The van der Waals surface area contributed by atoms with E-state index in [0.29, 0.717) is 4.75 Å². The number of hydrogen-bond acceptors (Lipinski definition) is 3. The summed E-state index contributed by atoms with van der Waals surface area (Å²) in [7, 11) is 0. The van der Waals surface area contributed by atoms with Gasteiger partial charge in [-0.1, -0.05) is 6.42 Å². The lowest BCUT2D eigenvalue weighted by atomic mass is 10.1. The van der Waals surface area contributed by atoms with Crippen molar-refractivity contribution in [2.24, 2.45) is 0 Å². The van der Waals surface area contributed by atoms with E-state index in [2.05, 4.69) is 28.9 Å². The van der Waals surface area contributed by atoms with Gasteiger partial charge in [-0.05, 0) is 71.0 Å². The van der Waals surface area contributed by atoms with Crippen LogP contribution < -0.4 is 5.32 Å². The van der Waals surface area contributed by atoms with Gasteiger partial charge in [0, 0.05) is 11.3 Å². The van der Waals surface area contributed by atoms with E-state index in [4.69, 9.17) is 0 Å². The molecule has 0 spiro atoms. The lowest BCUT2D eigenvalue weighted by molar-refractivity contribution is 0.225. The zero-order valence-electron chi connectivity index (χ0n) is 11.3. The Kier molecular flexibility index (Phi) is 5.64. The Balaban J connectivity index is 1.48. The summed E-state index contributed by atoms with van der Waals surface area (Å²) >= 11 is 2.16. The van der Waals surface area contributed by atoms with Gasteiger partial charge < -0.3 is 10.2 Å². The van der Waals surface area contributed by atoms with Crippen molar-refractivity contribution in [2.75, 3.05) is 38.5 Å². The Labute approximate surface area is 111 Å².